The lowest BCUT2D eigenvalue weighted by molar-refractivity contribution is 0.364. The summed E-state index contributed by atoms with van der Waals surface area (Å²) in [5.74, 6) is 6.92. The normalized spacial score (nSPS) is 11.5. The lowest BCUT2D eigenvalue weighted by Crippen LogP contribution is -2.07. The monoisotopic (exact) mass is 392 g/mol. The van der Waals surface area contributed by atoms with Gasteiger partial charge in [0.2, 0.25) is 11.8 Å². The summed E-state index contributed by atoms with van der Waals surface area (Å²) in [5.41, 5.74) is 2.66. The van der Waals surface area contributed by atoms with E-state index in [1.54, 1.807) is 42.9 Å². The van der Waals surface area contributed by atoms with Gasteiger partial charge in [-0.25, -0.2) is 9.97 Å². The van der Waals surface area contributed by atoms with Crippen LogP contribution in [0.5, 0.6) is 23.5 Å². The van der Waals surface area contributed by atoms with Crippen LogP contribution in [0.1, 0.15) is 11.1 Å². The fourth-order valence-corrected chi connectivity index (χ4v) is 2.37. The molecule has 3 aromatic rings. The van der Waals surface area contributed by atoms with E-state index in [0.29, 0.717) is 34.5 Å². The number of hydrazone groups is 1. The minimum Gasteiger partial charge on any atom is -0.481 e. The molecular formula is C20H20N6O3. The molecule has 0 bridgehead atoms. The van der Waals surface area contributed by atoms with Crippen molar-refractivity contribution in [3.05, 3.63) is 59.9 Å². The van der Waals surface area contributed by atoms with Gasteiger partial charge in [0.1, 0.15) is 11.5 Å². The standard InChI is InChI=1S/C20H20N6O3/c1-13-5-6-15(11-17(13)29-20-22-7-4-8-23-20)24-12-16(26-21)14-9-18(27-2)25-19(10-14)28-3/h4-12H,21H2,1-3H3/b24-12?,26-16+. The van der Waals surface area contributed by atoms with Crippen LogP contribution in [0.15, 0.2) is 58.9 Å². The quantitative estimate of drug-likeness (QED) is 0.373. The molecule has 0 saturated heterocycles. The van der Waals surface area contributed by atoms with E-state index >= 15 is 0 Å². The van der Waals surface area contributed by atoms with Gasteiger partial charge >= 0.3 is 6.01 Å². The molecule has 9 heteroatoms. The van der Waals surface area contributed by atoms with Crippen LogP contribution in [0.25, 0.3) is 0 Å². The molecule has 0 aliphatic heterocycles. The number of rotatable bonds is 7. The summed E-state index contributed by atoms with van der Waals surface area (Å²) in [5, 5.41) is 3.81. The van der Waals surface area contributed by atoms with Crippen LogP contribution in [0.3, 0.4) is 0 Å². The molecule has 0 aliphatic carbocycles. The zero-order valence-electron chi connectivity index (χ0n) is 16.2. The molecule has 0 spiro atoms. The molecule has 1 aromatic carbocycles. The lowest BCUT2D eigenvalue weighted by atomic mass is 10.1. The van der Waals surface area contributed by atoms with Gasteiger partial charge in [-0.05, 0) is 24.6 Å². The Balaban J connectivity index is 1.86. The van der Waals surface area contributed by atoms with Crippen molar-refractivity contribution in [1.82, 2.24) is 15.0 Å². The second kappa shape index (κ2) is 9.27. The maximum absolute atomic E-state index is 5.74. The van der Waals surface area contributed by atoms with Gasteiger partial charge in [-0.1, -0.05) is 6.07 Å². The van der Waals surface area contributed by atoms with Gasteiger partial charge in [-0.3, -0.25) is 4.99 Å². The number of methoxy groups -OCH3 is 2. The van der Waals surface area contributed by atoms with Crippen LogP contribution in [-0.4, -0.2) is 41.1 Å². The highest BCUT2D eigenvalue weighted by molar-refractivity contribution is 6.38. The minimum absolute atomic E-state index is 0.261. The summed E-state index contributed by atoms with van der Waals surface area (Å²) in [6.07, 6.45) is 4.77. The molecule has 0 atom stereocenters. The topological polar surface area (TPSA) is 117 Å². The number of hydrogen-bond acceptors (Lipinski definition) is 9. The number of aryl methyl sites for hydroxylation is 1. The smallest absolute Gasteiger partial charge is 0.321 e. The Hall–Kier alpha value is -4.01. The Morgan fingerprint density at radius 3 is 2.34 bits per heavy atom. The SMILES string of the molecule is COc1cc(/C(C=Nc2ccc(C)c(Oc3ncccn3)c2)=N/N)cc(OC)n1. The Labute approximate surface area is 167 Å². The predicted molar refractivity (Wildman–Crippen MR) is 110 cm³/mol. The molecule has 0 fully saturated rings. The first kappa shape index (κ1) is 19.7. The molecule has 2 aromatic heterocycles. The Morgan fingerprint density at radius 2 is 1.72 bits per heavy atom. The molecule has 2 N–H and O–H groups in total. The number of nitrogens with zero attached hydrogens (tertiary/aromatic N) is 5. The number of hydrogen-bond donors (Lipinski definition) is 1. The van der Waals surface area contributed by atoms with Crippen molar-refractivity contribution < 1.29 is 14.2 Å². The van der Waals surface area contributed by atoms with E-state index < -0.39 is 0 Å². The lowest BCUT2D eigenvalue weighted by Gasteiger charge is -2.08. The van der Waals surface area contributed by atoms with Gasteiger partial charge in [0.25, 0.3) is 0 Å². The molecule has 0 amide bonds. The Kier molecular flexibility index (Phi) is 6.31. The molecule has 3 rings (SSSR count). The van der Waals surface area contributed by atoms with Gasteiger partial charge in [0, 0.05) is 36.2 Å². The average Bonchev–Trinajstić information content (AvgIpc) is 2.76. The van der Waals surface area contributed by atoms with Crippen LogP contribution in [0.2, 0.25) is 0 Å². The van der Waals surface area contributed by atoms with Crippen LogP contribution in [-0.2, 0) is 0 Å². The molecule has 0 saturated carbocycles. The average molecular weight is 392 g/mol. The number of pyridine rings is 1. The van der Waals surface area contributed by atoms with Crippen molar-refractivity contribution in [3.63, 3.8) is 0 Å². The molecule has 29 heavy (non-hydrogen) atoms. The fourth-order valence-electron chi connectivity index (χ4n) is 2.37. The first-order chi connectivity index (χ1) is 14.1. The number of aromatic nitrogens is 3. The highest BCUT2D eigenvalue weighted by Gasteiger charge is 2.09. The van der Waals surface area contributed by atoms with Crippen LogP contribution in [0, 0.1) is 6.92 Å². The molecule has 0 unspecified atom stereocenters. The Bertz CT molecular complexity index is 1020. The molecular weight excluding hydrogens is 372 g/mol. The van der Waals surface area contributed by atoms with E-state index in [4.69, 9.17) is 20.1 Å². The van der Waals surface area contributed by atoms with Crippen molar-refractivity contribution in [2.24, 2.45) is 15.9 Å². The van der Waals surface area contributed by atoms with E-state index in [9.17, 15) is 0 Å². The second-order valence-electron chi connectivity index (χ2n) is 5.80. The largest absolute Gasteiger partial charge is 0.481 e. The predicted octanol–water partition coefficient (Wildman–Crippen LogP) is 3.05. The van der Waals surface area contributed by atoms with E-state index in [2.05, 4.69) is 25.0 Å². The number of ether oxygens (including phenoxy) is 3. The fraction of sp³-hybridized carbons (Fsp3) is 0.150. The minimum atomic E-state index is 0.261. The van der Waals surface area contributed by atoms with Crippen molar-refractivity contribution in [2.75, 3.05) is 14.2 Å². The first-order valence-electron chi connectivity index (χ1n) is 8.61. The summed E-state index contributed by atoms with van der Waals surface area (Å²) in [6.45, 7) is 1.92. The van der Waals surface area contributed by atoms with Gasteiger partial charge < -0.3 is 20.1 Å². The zero-order valence-corrected chi connectivity index (χ0v) is 16.2. The van der Waals surface area contributed by atoms with Crippen LogP contribution >= 0.6 is 0 Å². The van der Waals surface area contributed by atoms with E-state index in [1.807, 2.05) is 19.1 Å². The van der Waals surface area contributed by atoms with Crippen LogP contribution in [0.4, 0.5) is 5.69 Å². The number of benzene rings is 1. The second-order valence-corrected chi connectivity index (χ2v) is 5.80. The maximum Gasteiger partial charge on any atom is 0.321 e. The van der Waals surface area contributed by atoms with Crippen molar-refractivity contribution in [2.45, 2.75) is 6.92 Å². The van der Waals surface area contributed by atoms with Crippen molar-refractivity contribution >= 4 is 17.6 Å². The highest BCUT2D eigenvalue weighted by Crippen LogP contribution is 2.27. The Morgan fingerprint density at radius 1 is 1.03 bits per heavy atom. The summed E-state index contributed by atoms with van der Waals surface area (Å²) in [7, 11) is 3.03. The number of nitrogens with two attached hydrogens (primary N) is 1. The molecule has 148 valence electrons. The molecule has 2 heterocycles. The van der Waals surface area contributed by atoms with Crippen molar-refractivity contribution in [1.29, 1.82) is 0 Å². The van der Waals surface area contributed by atoms with E-state index in [0.717, 1.165) is 5.56 Å². The summed E-state index contributed by atoms with van der Waals surface area (Å²) in [4.78, 5) is 16.7. The molecule has 0 aliphatic rings. The first-order valence-corrected chi connectivity index (χ1v) is 8.61. The third kappa shape index (κ3) is 5.04. The van der Waals surface area contributed by atoms with Gasteiger partial charge in [0.15, 0.2) is 0 Å². The maximum atomic E-state index is 5.74. The number of aliphatic imine (C=N–C) groups is 1. The molecule has 9 nitrogen and oxygen atoms in total. The third-order valence-electron chi connectivity index (χ3n) is 3.88. The summed E-state index contributed by atoms with van der Waals surface area (Å²) >= 11 is 0. The third-order valence-corrected chi connectivity index (χ3v) is 3.88. The van der Waals surface area contributed by atoms with Crippen molar-refractivity contribution in [3.8, 4) is 23.5 Å². The molecule has 0 radical (unpaired) electrons. The zero-order chi connectivity index (χ0) is 20.6. The van der Waals surface area contributed by atoms with Gasteiger partial charge in [-0.2, -0.15) is 10.1 Å². The summed E-state index contributed by atoms with van der Waals surface area (Å²) < 4.78 is 16.1. The van der Waals surface area contributed by atoms with Gasteiger partial charge in [-0.15, -0.1) is 0 Å². The van der Waals surface area contributed by atoms with E-state index in [-0.39, 0.29) is 6.01 Å². The summed E-state index contributed by atoms with van der Waals surface area (Å²) in [6, 6.07) is 10.9. The van der Waals surface area contributed by atoms with Crippen LogP contribution < -0.4 is 20.1 Å². The van der Waals surface area contributed by atoms with Gasteiger partial charge in [0.05, 0.1) is 26.1 Å². The van der Waals surface area contributed by atoms with E-state index in [1.165, 1.54) is 14.2 Å². The highest BCUT2D eigenvalue weighted by atomic mass is 16.5.